The summed E-state index contributed by atoms with van der Waals surface area (Å²) >= 11 is 1.77. The summed E-state index contributed by atoms with van der Waals surface area (Å²) in [5.74, 6) is 0.812. The van der Waals surface area contributed by atoms with Gasteiger partial charge in [-0.15, -0.1) is 11.3 Å². The van der Waals surface area contributed by atoms with Crippen molar-refractivity contribution < 1.29 is 9.53 Å². The van der Waals surface area contributed by atoms with E-state index in [-0.39, 0.29) is 12.1 Å². The number of thiophene rings is 1. The molecular weight excluding hydrogens is 310 g/mol. The van der Waals surface area contributed by atoms with Crippen LogP contribution in [0.5, 0.6) is 0 Å². The van der Waals surface area contributed by atoms with Crippen LogP contribution >= 0.6 is 11.3 Å². The number of nitrogens with one attached hydrogen (secondary N) is 2. The molecule has 0 aromatic carbocycles. The number of methoxy groups -OCH3 is 1. The van der Waals surface area contributed by atoms with Crippen LogP contribution in [0.4, 0.5) is 4.79 Å². The zero-order valence-corrected chi connectivity index (χ0v) is 15.0. The Morgan fingerprint density at radius 2 is 2.22 bits per heavy atom. The predicted octanol–water partition coefficient (Wildman–Crippen LogP) is 2.86. The number of ether oxygens (including phenoxy) is 1. The fourth-order valence-corrected chi connectivity index (χ4v) is 3.76. The van der Waals surface area contributed by atoms with Crippen molar-refractivity contribution in [2.75, 3.05) is 39.9 Å². The second kappa shape index (κ2) is 9.90. The zero-order valence-electron chi connectivity index (χ0n) is 14.2. The molecule has 0 saturated carbocycles. The first kappa shape index (κ1) is 18.2. The Bertz CT molecular complexity index is 445. The largest absolute Gasteiger partial charge is 0.385 e. The predicted molar refractivity (Wildman–Crippen MR) is 94.9 cm³/mol. The highest BCUT2D eigenvalue weighted by molar-refractivity contribution is 7.10. The number of rotatable bonds is 8. The topological polar surface area (TPSA) is 53.6 Å². The average Bonchev–Trinajstić information content (AvgIpc) is 3.08. The summed E-state index contributed by atoms with van der Waals surface area (Å²) in [6, 6.07) is 4.45. The maximum atomic E-state index is 11.9. The molecule has 1 saturated heterocycles. The van der Waals surface area contributed by atoms with Gasteiger partial charge in [0.15, 0.2) is 0 Å². The smallest absolute Gasteiger partial charge is 0.314 e. The van der Waals surface area contributed by atoms with Crippen LogP contribution in [0.25, 0.3) is 0 Å². The van der Waals surface area contributed by atoms with Crippen LogP contribution < -0.4 is 10.6 Å². The molecule has 130 valence electrons. The lowest BCUT2D eigenvalue weighted by Crippen LogP contribution is -2.44. The lowest BCUT2D eigenvalue weighted by atomic mass is 9.97. The van der Waals surface area contributed by atoms with E-state index in [9.17, 15) is 4.79 Å². The van der Waals surface area contributed by atoms with Crippen molar-refractivity contribution >= 4 is 17.4 Å². The summed E-state index contributed by atoms with van der Waals surface area (Å²) < 4.78 is 4.98. The van der Waals surface area contributed by atoms with E-state index >= 15 is 0 Å². The Balaban J connectivity index is 1.82. The van der Waals surface area contributed by atoms with Crippen molar-refractivity contribution in [2.24, 2.45) is 5.92 Å². The van der Waals surface area contributed by atoms with Gasteiger partial charge in [0.1, 0.15) is 0 Å². The molecule has 1 aliphatic heterocycles. The molecule has 1 aromatic heterocycles. The molecule has 1 atom stereocenters. The molecule has 0 bridgehead atoms. The number of likely N-dealkylation sites (tertiary alicyclic amines) is 1. The maximum Gasteiger partial charge on any atom is 0.314 e. The van der Waals surface area contributed by atoms with Gasteiger partial charge in [-0.3, -0.25) is 4.90 Å². The molecule has 0 aliphatic carbocycles. The minimum absolute atomic E-state index is 0.0898. The summed E-state index contributed by atoms with van der Waals surface area (Å²) in [7, 11) is 1.67. The molecule has 1 aromatic rings. The van der Waals surface area contributed by atoms with Gasteiger partial charge in [-0.2, -0.15) is 0 Å². The second-order valence-electron chi connectivity index (χ2n) is 6.23. The van der Waals surface area contributed by atoms with E-state index in [1.165, 1.54) is 17.7 Å². The Morgan fingerprint density at radius 3 is 2.87 bits per heavy atom. The number of piperidine rings is 1. The number of urea groups is 1. The average molecular weight is 340 g/mol. The summed E-state index contributed by atoms with van der Waals surface area (Å²) in [5.41, 5.74) is 0. The van der Waals surface area contributed by atoms with Crippen molar-refractivity contribution in [2.45, 2.75) is 32.2 Å². The third kappa shape index (κ3) is 6.12. The molecule has 0 radical (unpaired) electrons. The lowest BCUT2D eigenvalue weighted by molar-refractivity contribution is 0.138. The van der Waals surface area contributed by atoms with Gasteiger partial charge in [-0.05, 0) is 49.7 Å². The first-order chi connectivity index (χ1) is 11.2. The monoisotopic (exact) mass is 339 g/mol. The van der Waals surface area contributed by atoms with E-state index in [2.05, 4.69) is 40.0 Å². The van der Waals surface area contributed by atoms with Crippen LogP contribution in [0.15, 0.2) is 17.5 Å². The first-order valence-electron chi connectivity index (χ1n) is 8.48. The van der Waals surface area contributed by atoms with Gasteiger partial charge >= 0.3 is 6.03 Å². The van der Waals surface area contributed by atoms with Crippen LogP contribution in [0.3, 0.4) is 0 Å². The molecule has 2 N–H and O–H groups in total. The molecule has 2 rings (SSSR count). The summed E-state index contributed by atoms with van der Waals surface area (Å²) in [6.07, 6.45) is 3.32. The van der Waals surface area contributed by atoms with Crippen LogP contribution in [-0.2, 0) is 4.74 Å². The van der Waals surface area contributed by atoms with Crippen LogP contribution in [0, 0.1) is 5.92 Å². The third-order valence-corrected chi connectivity index (χ3v) is 5.37. The molecule has 1 fully saturated rings. The molecule has 23 heavy (non-hydrogen) atoms. The van der Waals surface area contributed by atoms with Crippen molar-refractivity contribution in [3.05, 3.63) is 22.4 Å². The highest BCUT2D eigenvalue weighted by Crippen LogP contribution is 2.28. The first-order valence-corrected chi connectivity index (χ1v) is 9.36. The number of hydrogen-bond donors (Lipinski definition) is 2. The van der Waals surface area contributed by atoms with Crippen molar-refractivity contribution in [1.82, 2.24) is 15.5 Å². The molecule has 2 heterocycles. The highest BCUT2D eigenvalue weighted by atomic mass is 32.1. The standard InChI is InChI=1S/C17H29N3O2S/c1-14-6-9-20(10-7-14)15(16-5-3-12-23-16)13-19-17(21)18-8-4-11-22-2/h3,5,12,14-15H,4,6-11,13H2,1-2H3,(H2,18,19,21). The van der Waals surface area contributed by atoms with E-state index in [0.717, 1.165) is 25.4 Å². The van der Waals surface area contributed by atoms with Crippen molar-refractivity contribution in [3.8, 4) is 0 Å². The second-order valence-corrected chi connectivity index (χ2v) is 7.21. The highest BCUT2D eigenvalue weighted by Gasteiger charge is 2.25. The van der Waals surface area contributed by atoms with Gasteiger partial charge < -0.3 is 15.4 Å². The van der Waals surface area contributed by atoms with Gasteiger partial charge in [-0.25, -0.2) is 4.79 Å². The molecule has 6 heteroatoms. The quantitative estimate of drug-likeness (QED) is 0.716. The Kier molecular flexibility index (Phi) is 7.85. The van der Waals surface area contributed by atoms with Crippen LogP contribution in [-0.4, -0.2) is 50.8 Å². The van der Waals surface area contributed by atoms with Crippen molar-refractivity contribution in [3.63, 3.8) is 0 Å². The van der Waals surface area contributed by atoms with Crippen LogP contribution in [0.1, 0.15) is 37.1 Å². The molecule has 1 unspecified atom stereocenters. The van der Waals surface area contributed by atoms with E-state index in [4.69, 9.17) is 4.74 Å². The Labute approximate surface area is 143 Å². The van der Waals surface area contributed by atoms with Gasteiger partial charge in [0.2, 0.25) is 0 Å². The minimum Gasteiger partial charge on any atom is -0.385 e. The molecule has 1 aliphatic rings. The summed E-state index contributed by atoms with van der Waals surface area (Å²) in [5, 5.41) is 8.02. The van der Waals surface area contributed by atoms with Gasteiger partial charge in [0.05, 0.1) is 6.04 Å². The van der Waals surface area contributed by atoms with E-state index in [0.29, 0.717) is 19.7 Å². The normalized spacial score (nSPS) is 17.8. The SMILES string of the molecule is COCCCNC(=O)NCC(c1cccs1)N1CCC(C)CC1. The Morgan fingerprint density at radius 1 is 1.43 bits per heavy atom. The number of nitrogens with zero attached hydrogens (tertiary/aromatic N) is 1. The molecular formula is C17H29N3O2S. The lowest BCUT2D eigenvalue weighted by Gasteiger charge is -2.36. The number of amides is 2. The number of carbonyl (C=O) groups excluding carboxylic acids is 1. The Hall–Kier alpha value is -1.11. The number of carbonyl (C=O) groups is 1. The van der Waals surface area contributed by atoms with Gasteiger partial charge in [-0.1, -0.05) is 13.0 Å². The third-order valence-electron chi connectivity index (χ3n) is 4.40. The summed E-state index contributed by atoms with van der Waals surface area (Å²) in [6.45, 7) is 6.52. The van der Waals surface area contributed by atoms with Gasteiger partial charge in [0.25, 0.3) is 0 Å². The van der Waals surface area contributed by atoms with E-state index in [1.807, 2.05) is 0 Å². The summed E-state index contributed by atoms with van der Waals surface area (Å²) in [4.78, 5) is 15.8. The minimum atomic E-state index is -0.0898. The molecule has 0 spiro atoms. The fourth-order valence-electron chi connectivity index (χ4n) is 2.90. The van der Waals surface area contributed by atoms with Gasteiger partial charge in [0, 0.05) is 31.7 Å². The van der Waals surface area contributed by atoms with E-state index < -0.39 is 0 Å². The fraction of sp³-hybridized carbons (Fsp3) is 0.706. The molecule has 2 amide bonds. The zero-order chi connectivity index (χ0) is 16.5. The number of hydrogen-bond acceptors (Lipinski definition) is 4. The maximum absolute atomic E-state index is 11.9. The van der Waals surface area contributed by atoms with Crippen molar-refractivity contribution in [1.29, 1.82) is 0 Å². The molecule has 5 nitrogen and oxygen atoms in total. The van der Waals surface area contributed by atoms with E-state index in [1.54, 1.807) is 18.4 Å². The van der Waals surface area contributed by atoms with Crippen LogP contribution in [0.2, 0.25) is 0 Å².